The quantitative estimate of drug-likeness (QED) is 0.798. The van der Waals surface area contributed by atoms with Crippen molar-refractivity contribution in [3.05, 3.63) is 54.3 Å². The van der Waals surface area contributed by atoms with Crippen LogP contribution < -0.4 is 10.1 Å². The highest BCUT2D eigenvalue weighted by Crippen LogP contribution is 2.25. The summed E-state index contributed by atoms with van der Waals surface area (Å²) < 4.78 is 5.72. The van der Waals surface area contributed by atoms with Crippen LogP contribution in [-0.2, 0) is 9.59 Å². The number of aliphatic imine (C=N–C) groups is 1. The van der Waals surface area contributed by atoms with Crippen LogP contribution in [0, 0.1) is 6.92 Å². The number of ether oxygens (including phenoxy) is 1. The fourth-order valence-corrected chi connectivity index (χ4v) is 2.90. The molecule has 2 aliphatic rings. The number of amides is 2. The zero-order valence-corrected chi connectivity index (χ0v) is 15.1. The number of rotatable bonds is 6. The first-order valence-corrected chi connectivity index (χ1v) is 8.73. The van der Waals surface area contributed by atoms with E-state index in [0.717, 1.165) is 11.3 Å². The van der Waals surface area contributed by atoms with E-state index in [0.29, 0.717) is 25.4 Å². The molecule has 1 aromatic rings. The van der Waals surface area contributed by atoms with E-state index in [1.807, 2.05) is 31.2 Å². The molecule has 0 bridgehead atoms. The number of nitrogens with one attached hydrogen (secondary N) is 1. The number of benzene rings is 1. The van der Waals surface area contributed by atoms with Gasteiger partial charge in [-0.3, -0.25) is 19.5 Å². The Morgan fingerprint density at radius 3 is 2.96 bits per heavy atom. The van der Waals surface area contributed by atoms with E-state index in [1.165, 1.54) is 4.90 Å². The zero-order valence-electron chi connectivity index (χ0n) is 15.1. The van der Waals surface area contributed by atoms with Gasteiger partial charge in [-0.05, 0) is 44.1 Å². The van der Waals surface area contributed by atoms with E-state index in [4.69, 9.17) is 4.74 Å². The number of hydrogen-bond acceptors (Lipinski definition) is 4. The van der Waals surface area contributed by atoms with Gasteiger partial charge in [0.25, 0.3) is 0 Å². The summed E-state index contributed by atoms with van der Waals surface area (Å²) in [5, 5.41) is 2.87. The van der Waals surface area contributed by atoms with Gasteiger partial charge < -0.3 is 10.1 Å². The first-order chi connectivity index (χ1) is 12.5. The number of carbonyl (C=O) groups excluding carboxylic acids is 2. The van der Waals surface area contributed by atoms with Crippen LogP contribution in [0.5, 0.6) is 5.75 Å². The Kier molecular flexibility index (Phi) is 5.21. The number of fused-ring (bicyclic) bond motifs is 1. The van der Waals surface area contributed by atoms with Crippen molar-refractivity contribution < 1.29 is 14.3 Å². The molecule has 6 nitrogen and oxygen atoms in total. The van der Waals surface area contributed by atoms with Gasteiger partial charge in [0.15, 0.2) is 0 Å². The Morgan fingerprint density at radius 2 is 2.15 bits per heavy atom. The highest BCUT2D eigenvalue weighted by Gasteiger charge is 2.41. The smallest absolute Gasteiger partial charge is 0.248 e. The zero-order chi connectivity index (χ0) is 18.6. The fraction of sp³-hybridized carbons (Fsp3) is 0.350. The summed E-state index contributed by atoms with van der Waals surface area (Å²) in [6.07, 6.45) is 7.71. The highest BCUT2D eigenvalue weighted by atomic mass is 16.5. The predicted octanol–water partition coefficient (Wildman–Crippen LogP) is 2.35. The largest absolute Gasteiger partial charge is 0.493 e. The molecule has 26 heavy (non-hydrogen) atoms. The van der Waals surface area contributed by atoms with Crippen LogP contribution in [0.25, 0.3) is 0 Å². The van der Waals surface area contributed by atoms with E-state index in [9.17, 15) is 9.59 Å². The van der Waals surface area contributed by atoms with Gasteiger partial charge in [-0.2, -0.15) is 0 Å². The molecule has 1 aromatic carbocycles. The highest BCUT2D eigenvalue weighted by molar-refractivity contribution is 6.11. The minimum atomic E-state index is -1.07. The molecule has 0 radical (unpaired) electrons. The molecule has 0 spiro atoms. The second-order valence-electron chi connectivity index (χ2n) is 6.61. The summed E-state index contributed by atoms with van der Waals surface area (Å²) in [5.41, 5.74) is 0.00899. The minimum Gasteiger partial charge on any atom is -0.493 e. The maximum atomic E-state index is 12.6. The summed E-state index contributed by atoms with van der Waals surface area (Å²) in [6.45, 7) is 4.67. The summed E-state index contributed by atoms with van der Waals surface area (Å²) in [4.78, 5) is 30.8. The van der Waals surface area contributed by atoms with Crippen LogP contribution in [-0.4, -0.2) is 41.2 Å². The third kappa shape index (κ3) is 3.85. The summed E-state index contributed by atoms with van der Waals surface area (Å²) >= 11 is 0. The van der Waals surface area contributed by atoms with Gasteiger partial charge in [0.2, 0.25) is 11.8 Å². The second kappa shape index (κ2) is 7.56. The van der Waals surface area contributed by atoms with Crippen LogP contribution in [0.15, 0.2) is 53.7 Å². The standard InChI is InChI=1S/C20H23N3O3/c1-15-8-3-4-9-16(15)26-13-7-11-21-19(25)20(2)14-18(24)23-12-6-5-10-17(23)22-20/h3-6,8-10,12H,7,11,13-14H2,1-2H3,(H,21,25). The van der Waals surface area contributed by atoms with Crippen molar-refractivity contribution in [3.8, 4) is 5.75 Å². The molecule has 6 heteroatoms. The van der Waals surface area contributed by atoms with Crippen LogP contribution in [0.3, 0.4) is 0 Å². The van der Waals surface area contributed by atoms with Gasteiger partial charge in [0.05, 0.1) is 13.0 Å². The molecular formula is C20H23N3O3. The SMILES string of the molecule is Cc1ccccc1OCCCNC(=O)C1(C)CC(=O)N2C=CC=CC2=N1. The van der Waals surface area contributed by atoms with Gasteiger partial charge in [-0.1, -0.05) is 24.3 Å². The van der Waals surface area contributed by atoms with Gasteiger partial charge in [-0.25, -0.2) is 0 Å². The molecule has 0 saturated carbocycles. The maximum absolute atomic E-state index is 12.6. The molecule has 1 unspecified atom stereocenters. The summed E-state index contributed by atoms with van der Waals surface area (Å²) in [7, 11) is 0. The Hall–Kier alpha value is -2.89. The van der Waals surface area contributed by atoms with Gasteiger partial charge in [-0.15, -0.1) is 0 Å². The van der Waals surface area contributed by atoms with Crippen molar-refractivity contribution in [2.24, 2.45) is 4.99 Å². The van der Waals surface area contributed by atoms with Crippen LogP contribution in [0.1, 0.15) is 25.3 Å². The van der Waals surface area contributed by atoms with Crippen LogP contribution in [0.2, 0.25) is 0 Å². The van der Waals surface area contributed by atoms with Gasteiger partial charge in [0.1, 0.15) is 17.1 Å². The molecule has 2 heterocycles. The maximum Gasteiger partial charge on any atom is 0.248 e. The molecule has 1 atom stereocenters. The monoisotopic (exact) mass is 353 g/mol. The van der Waals surface area contributed by atoms with Crippen molar-refractivity contribution in [1.29, 1.82) is 0 Å². The lowest BCUT2D eigenvalue weighted by atomic mass is 9.94. The molecule has 0 saturated heterocycles. The van der Waals surface area contributed by atoms with E-state index in [2.05, 4.69) is 10.3 Å². The lowest BCUT2D eigenvalue weighted by Crippen LogP contribution is -2.52. The van der Waals surface area contributed by atoms with Crippen LogP contribution >= 0.6 is 0 Å². The van der Waals surface area contributed by atoms with Crippen molar-refractivity contribution in [3.63, 3.8) is 0 Å². The summed E-state index contributed by atoms with van der Waals surface area (Å²) in [6, 6.07) is 7.82. The topological polar surface area (TPSA) is 71.0 Å². The first-order valence-electron chi connectivity index (χ1n) is 8.73. The van der Waals surface area contributed by atoms with Gasteiger partial charge >= 0.3 is 0 Å². The fourth-order valence-electron chi connectivity index (χ4n) is 2.90. The third-order valence-electron chi connectivity index (χ3n) is 4.41. The molecule has 0 aliphatic carbocycles. The van der Waals surface area contributed by atoms with E-state index < -0.39 is 5.54 Å². The molecule has 3 rings (SSSR count). The molecule has 2 aliphatic heterocycles. The average Bonchev–Trinajstić information content (AvgIpc) is 2.62. The van der Waals surface area contributed by atoms with E-state index >= 15 is 0 Å². The van der Waals surface area contributed by atoms with E-state index in [1.54, 1.807) is 31.4 Å². The Balaban J connectivity index is 1.50. The molecule has 136 valence electrons. The summed E-state index contributed by atoms with van der Waals surface area (Å²) in [5.74, 6) is 0.990. The Morgan fingerprint density at radius 1 is 1.35 bits per heavy atom. The minimum absolute atomic E-state index is 0.0558. The van der Waals surface area contributed by atoms with Gasteiger partial charge in [0, 0.05) is 12.7 Å². The predicted molar refractivity (Wildman–Crippen MR) is 99.9 cm³/mol. The second-order valence-corrected chi connectivity index (χ2v) is 6.61. The average molecular weight is 353 g/mol. The number of hydrogen-bond donors (Lipinski definition) is 1. The number of aryl methyl sites for hydroxylation is 1. The Labute approximate surface area is 153 Å². The van der Waals surface area contributed by atoms with Crippen molar-refractivity contribution in [2.45, 2.75) is 32.2 Å². The number of nitrogens with zero attached hydrogens (tertiary/aromatic N) is 2. The number of para-hydroxylation sites is 1. The lowest BCUT2D eigenvalue weighted by Gasteiger charge is -2.34. The molecule has 0 aromatic heterocycles. The molecular weight excluding hydrogens is 330 g/mol. The first kappa shape index (κ1) is 17.9. The Bertz CT molecular complexity index is 797. The van der Waals surface area contributed by atoms with Crippen molar-refractivity contribution in [1.82, 2.24) is 10.2 Å². The van der Waals surface area contributed by atoms with Crippen LogP contribution in [0.4, 0.5) is 0 Å². The third-order valence-corrected chi connectivity index (χ3v) is 4.41. The van der Waals surface area contributed by atoms with Crippen molar-refractivity contribution >= 4 is 17.6 Å². The normalized spacial score (nSPS) is 21.2. The molecule has 0 fully saturated rings. The van der Waals surface area contributed by atoms with Crippen molar-refractivity contribution in [2.75, 3.05) is 13.2 Å². The molecule has 2 amide bonds. The number of allylic oxidation sites excluding steroid dienone is 2. The van der Waals surface area contributed by atoms with E-state index in [-0.39, 0.29) is 18.2 Å². The molecule has 1 N–H and O–H groups in total. The number of carbonyl (C=O) groups is 2. The lowest BCUT2D eigenvalue weighted by molar-refractivity contribution is -0.134. The number of amidine groups is 1.